The van der Waals surface area contributed by atoms with Gasteiger partial charge in [-0.3, -0.25) is 4.68 Å². The zero-order chi connectivity index (χ0) is 21.1. The number of hydrogen-bond donors (Lipinski definition) is 1. The van der Waals surface area contributed by atoms with Gasteiger partial charge >= 0.3 is 0 Å². The van der Waals surface area contributed by atoms with Gasteiger partial charge in [-0.1, -0.05) is 30.3 Å². The highest BCUT2D eigenvalue weighted by molar-refractivity contribution is 7.89. The van der Waals surface area contributed by atoms with E-state index < -0.39 is 10.0 Å². The van der Waals surface area contributed by atoms with E-state index in [1.165, 1.54) is 23.1 Å². The molecule has 0 aliphatic rings. The second-order valence-corrected chi connectivity index (χ2v) is 8.75. The van der Waals surface area contributed by atoms with Crippen molar-refractivity contribution in [1.82, 2.24) is 34.7 Å². The first-order valence-electron chi connectivity index (χ1n) is 9.33. The first-order chi connectivity index (χ1) is 14.4. The van der Waals surface area contributed by atoms with Crippen LogP contribution in [0.5, 0.6) is 0 Å². The number of sulfonamides is 1. The van der Waals surface area contributed by atoms with E-state index in [4.69, 9.17) is 0 Å². The Bertz CT molecular complexity index is 1260. The molecular formula is C20H21N7O2S. The zero-order valence-electron chi connectivity index (χ0n) is 16.6. The molecule has 0 saturated heterocycles. The first kappa shape index (κ1) is 19.9. The van der Waals surface area contributed by atoms with Crippen molar-refractivity contribution in [1.29, 1.82) is 0 Å². The Morgan fingerprint density at radius 2 is 1.80 bits per heavy atom. The molecule has 0 atom stereocenters. The summed E-state index contributed by atoms with van der Waals surface area (Å²) in [5.41, 5.74) is 4.55. The number of hydrogen-bond acceptors (Lipinski definition) is 6. The predicted molar refractivity (Wildman–Crippen MR) is 110 cm³/mol. The van der Waals surface area contributed by atoms with E-state index in [1.807, 2.05) is 48.9 Å². The van der Waals surface area contributed by atoms with Gasteiger partial charge in [0.1, 0.15) is 6.33 Å². The summed E-state index contributed by atoms with van der Waals surface area (Å²) in [7, 11) is -3.70. The van der Waals surface area contributed by atoms with Gasteiger partial charge in [0.2, 0.25) is 10.0 Å². The summed E-state index contributed by atoms with van der Waals surface area (Å²) in [5, 5.41) is 15.4. The van der Waals surface area contributed by atoms with Crippen molar-refractivity contribution < 1.29 is 8.42 Å². The molecule has 0 bridgehead atoms. The average Bonchev–Trinajstić information content (AvgIpc) is 3.37. The second kappa shape index (κ2) is 8.17. The summed E-state index contributed by atoms with van der Waals surface area (Å²) in [6.45, 7) is 4.79. The molecule has 0 spiro atoms. The lowest BCUT2D eigenvalue weighted by Crippen LogP contribution is -2.23. The van der Waals surface area contributed by atoms with Crippen molar-refractivity contribution >= 4 is 10.0 Å². The maximum Gasteiger partial charge on any atom is 0.240 e. The molecule has 0 aliphatic carbocycles. The summed E-state index contributed by atoms with van der Waals surface area (Å²) in [6, 6.07) is 16.3. The fourth-order valence-electron chi connectivity index (χ4n) is 3.18. The highest BCUT2D eigenvalue weighted by atomic mass is 32.2. The quantitative estimate of drug-likeness (QED) is 0.487. The van der Waals surface area contributed by atoms with E-state index in [2.05, 4.69) is 25.3 Å². The minimum Gasteiger partial charge on any atom is -0.265 e. The molecule has 1 N–H and O–H groups in total. The standard InChI is InChI=1S/C20H21N7O2S/c1-15-9-16(2)26(23-15)13-18-6-3-5-17(10-18)12-22-30(28,29)20-8-4-7-19(11-20)27-14-21-24-25-27/h3-11,14,22H,12-13H2,1-2H3. The van der Waals surface area contributed by atoms with E-state index in [9.17, 15) is 8.42 Å². The Labute approximate surface area is 174 Å². The third-order valence-electron chi connectivity index (χ3n) is 4.63. The molecule has 9 nitrogen and oxygen atoms in total. The molecule has 0 radical (unpaired) electrons. The van der Waals surface area contributed by atoms with Crippen LogP contribution in [-0.2, 0) is 23.1 Å². The smallest absolute Gasteiger partial charge is 0.240 e. The Hall–Kier alpha value is -3.37. The molecule has 2 heterocycles. The summed E-state index contributed by atoms with van der Waals surface area (Å²) in [5.74, 6) is 0. The molecule has 0 unspecified atom stereocenters. The van der Waals surface area contributed by atoms with Crippen molar-refractivity contribution in [2.75, 3.05) is 0 Å². The van der Waals surface area contributed by atoms with Crippen LogP contribution in [0.25, 0.3) is 5.69 Å². The van der Waals surface area contributed by atoms with Crippen LogP contribution in [0.1, 0.15) is 22.5 Å². The number of aryl methyl sites for hydroxylation is 2. The molecule has 10 heteroatoms. The van der Waals surface area contributed by atoms with Crippen LogP contribution in [0.4, 0.5) is 0 Å². The van der Waals surface area contributed by atoms with Crippen LogP contribution in [0, 0.1) is 13.8 Å². The van der Waals surface area contributed by atoms with Gasteiger partial charge in [0.05, 0.1) is 22.8 Å². The van der Waals surface area contributed by atoms with Crippen LogP contribution in [0.2, 0.25) is 0 Å². The summed E-state index contributed by atoms with van der Waals surface area (Å²) < 4.78 is 31.5. The van der Waals surface area contributed by atoms with Crippen LogP contribution in [-0.4, -0.2) is 38.4 Å². The molecule has 30 heavy (non-hydrogen) atoms. The average molecular weight is 424 g/mol. The minimum absolute atomic E-state index is 0.147. The van der Waals surface area contributed by atoms with Gasteiger partial charge in [-0.2, -0.15) is 5.10 Å². The molecule has 2 aromatic heterocycles. The molecule has 0 fully saturated rings. The van der Waals surface area contributed by atoms with Crippen molar-refractivity contribution in [3.8, 4) is 5.69 Å². The number of benzene rings is 2. The fraction of sp³-hybridized carbons (Fsp3) is 0.200. The number of rotatable bonds is 7. The van der Waals surface area contributed by atoms with E-state index in [0.717, 1.165) is 22.5 Å². The second-order valence-electron chi connectivity index (χ2n) is 6.98. The predicted octanol–water partition coefficient (Wildman–Crippen LogP) is 2.00. The van der Waals surface area contributed by atoms with E-state index in [1.54, 1.807) is 12.1 Å². The van der Waals surface area contributed by atoms with E-state index >= 15 is 0 Å². The van der Waals surface area contributed by atoms with Gasteiger partial charge in [0.15, 0.2) is 0 Å². The lowest BCUT2D eigenvalue weighted by atomic mass is 10.1. The largest absolute Gasteiger partial charge is 0.265 e. The van der Waals surface area contributed by atoms with E-state index in [-0.39, 0.29) is 11.4 Å². The van der Waals surface area contributed by atoms with Crippen molar-refractivity contribution in [2.45, 2.75) is 31.8 Å². The molecule has 0 amide bonds. The van der Waals surface area contributed by atoms with Crippen LogP contribution >= 0.6 is 0 Å². The van der Waals surface area contributed by atoms with Gasteiger partial charge < -0.3 is 0 Å². The minimum atomic E-state index is -3.70. The number of nitrogens with zero attached hydrogens (tertiary/aromatic N) is 6. The Morgan fingerprint density at radius 1 is 1.00 bits per heavy atom. The topological polar surface area (TPSA) is 108 Å². The summed E-state index contributed by atoms with van der Waals surface area (Å²) in [4.78, 5) is 0.147. The Kier molecular flexibility index (Phi) is 5.42. The molecule has 0 saturated carbocycles. The lowest BCUT2D eigenvalue weighted by Gasteiger charge is -2.10. The van der Waals surface area contributed by atoms with Gasteiger partial charge in [0, 0.05) is 12.2 Å². The molecular weight excluding hydrogens is 402 g/mol. The number of aromatic nitrogens is 6. The third kappa shape index (κ3) is 4.44. The third-order valence-corrected chi connectivity index (χ3v) is 6.03. The van der Waals surface area contributed by atoms with Gasteiger partial charge in [-0.25, -0.2) is 17.8 Å². The highest BCUT2D eigenvalue weighted by Crippen LogP contribution is 2.15. The Balaban J connectivity index is 1.48. The molecule has 4 aromatic rings. The fourth-order valence-corrected chi connectivity index (χ4v) is 4.24. The molecule has 154 valence electrons. The Morgan fingerprint density at radius 3 is 2.53 bits per heavy atom. The van der Waals surface area contributed by atoms with Crippen LogP contribution < -0.4 is 4.72 Å². The summed E-state index contributed by atoms with van der Waals surface area (Å²) >= 11 is 0. The monoisotopic (exact) mass is 423 g/mol. The normalized spacial score (nSPS) is 11.7. The van der Waals surface area contributed by atoms with E-state index in [0.29, 0.717) is 12.2 Å². The maximum absolute atomic E-state index is 12.8. The number of tetrazole rings is 1. The van der Waals surface area contributed by atoms with Crippen molar-refractivity contribution in [2.24, 2.45) is 0 Å². The SMILES string of the molecule is Cc1cc(C)n(Cc2cccc(CNS(=O)(=O)c3cccc(-n4cnnn4)c3)c2)n1. The first-order valence-corrected chi connectivity index (χ1v) is 10.8. The lowest BCUT2D eigenvalue weighted by molar-refractivity contribution is 0.581. The molecule has 0 aliphatic heterocycles. The summed E-state index contributed by atoms with van der Waals surface area (Å²) in [6.07, 6.45) is 1.41. The van der Waals surface area contributed by atoms with Gasteiger partial charge in [0.25, 0.3) is 0 Å². The molecule has 2 aromatic carbocycles. The highest BCUT2D eigenvalue weighted by Gasteiger charge is 2.15. The number of nitrogens with one attached hydrogen (secondary N) is 1. The molecule has 4 rings (SSSR count). The van der Waals surface area contributed by atoms with Crippen LogP contribution in [0.3, 0.4) is 0 Å². The van der Waals surface area contributed by atoms with Crippen molar-refractivity contribution in [3.05, 3.63) is 83.4 Å². The van der Waals surface area contributed by atoms with Crippen LogP contribution in [0.15, 0.2) is 65.8 Å². The van der Waals surface area contributed by atoms with Gasteiger partial charge in [-0.05, 0) is 59.7 Å². The van der Waals surface area contributed by atoms with Gasteiger partial charge in [-0.15, -0.1) is 5.10 Å². The van der Waals surface area contributed by atoms with Crippen molar-refractivity contribution in [3.63, 3.8) is 0 Å². The zero-order valence-corrected chi connectivity index (χ0v) is 17.4. The maximum atomic E-state index is 12.8.